The fourth-order valence-corrected chi connectivity index (χ4v) is 3.79. The normalized spacial score (nSPS) is 15.1. The molecule has 2 aromatic heterocycles. The maximum Gasteiger partial charge on any atom is 0.272 e. The Kier molecular flexibility index (Phi) is 4.75. The van der Waals surface area contributed by atoms with E-state index in [4.69, 9.17) is 0 Å². The standard InChI is InChI=1S/C20H23N5O2/c1-12(18-13-7-5-6-8-14(13)20(27)25-24-18)19(26)21-11-17-15-9-3-2-4-10-16(15)22-23-17/h5-8,12H,2-4,9-11H2,1H3,(H,21,26)(H,22,23)(H,25,27). The van der Waals surface area contributed by atoms with E-state index in [0.717, 1.165) is 25.0 Å². The molecule has 0 aliphatic heterocycles. The number of carbonyl (C=O) groups is 1. The number of aromatic amines is 2. The van der Waals surface area contributed by atoms with Crippen molar-refractivity contribution < 1.29 is 4.79 Å². The third kappa shape index (κ3) is 3.37. The van der Waals surface area contributed by atoms with Crippen LogP contribution in [0, 0.1) is 0 Å². The summed E-state index contributed by atoms with van der Waals surface area (Å²) in [5.41, 5.74) is 3.71. The first-order valence-electron chi connectivity index (χ1n) is 9.45. The topological polar surface area (TPSA) is 104 Å². The van der Waals surface area contributed by atoms with Gasteiger partial charge in [0.15, 0.2) is 0 Å². The van der Waals surface area contributed by atoms with Gasteiger partial charge in [0.25, 0.3) is 5.56 Å². The highest BCUT2D eigenvalue weighted by molar-refractivity contribution is 5.90. The number of aryl methyl sites for hydroxylation is 1. The number of aromatic nitrogens is 4. The minimum absolute atomic E-state index is 0.134. The van der Waals surface area contributed by atoms with Crippen LogP contribution in [0.3, 0.4) is 0 Å². The van der Waals surface area contributed by atoms with Gasteiger partial charge in [0.2, 0.25) is 5.91 Å². The van der Waals surface area contributed by atoms with Crippen LogP contribution in [0.5, 0.6) is 0 Å². The zero-order chi connectivity index (χ0) is 18.8. The molecule has 0 bridgehead atoms. The van der Waals surface area contributed by atoms with E-state index >= 15 is 0 Å². The van der Waals surface area contributed by atoms with Gasteiger partial charge < -0.3 is 5.32 Å². The van der Waals surface area contributed by atoms with Crippen LogP contribution in [0.2, 0.25) is 0 Å². The fraction of sp³-hybridized carbons (Fsp3) is 0.400. The van der Waals surface area contributed by atoms with Crippen molar-refractivity contribution in [2.24, 2.45) is 0 Å². The monoisotopic (exact) mass is 365 g/mol. The Bertz CT molecular complexity index is 1040. The number of H-pyrrole nitrogens is 2. The number of nitrogens with one attached hydrogen (secondary N) is 3. The number of amides is 1. The molecule has 0 spiro atoms. The predicted octanol–water partition coefficient (Wildman–Crippen LogP) is 2.33. The summed E-state index contributed by atoms with van der Waals surface area (Å²) >= 11 is 0. The molecule has 1 aromatic carbocycles. The Morgan fingerprint density at radius 2 is 1.89 bits per heavy atom. The average molecular weight is 365 g/mol. The van der Waals surface area contributed by atoms with Gasteiger partial charge in [0, 0.05) is 11.1 Å². The summed E-state index contributed by atoms with van der Waals surface area (Å²) < 4.78 is 0. The summed E-state index contributed by atoms with van der Waals surface area (Å²) in [6.45, 7) is 2.20. The number of hydrogen-bond acceptors (Lipinski definition) is 4. The lowest BCUT2D eigenvalue weighted by Crippen LogP contribution is -2.29. The summed E-state index contributed by atoms with van der Waals surface area (Å²) in [6, 6.07) is 7.21. The van der Waals surface area contributed by atoms with Crippen LogP contribution in [-0.4, -0.2) is 26.3 Å². The first-order chi connectivity index (χ1) is 13.1. The van der Waals surface area contributed by atoms with Gasteiger partial charge in [-0.2, -0.15) is 10.2 Å². The highest BCUT2D eigenvalue weighted by Gasteiger charge is 2.22. The first-order valence-corrected chi connectivity index (χ1v) is 9.45. The fourth-order valence-electron chi connectivity index (χ4n) is 3.79. The Morgan fingerprint density at radius 1 is 1.11 bits per heavy atom. The van der Waals surface area contributed by atoms with Crippen LogP contribution in [0.4, 0.5) is 0 Å². The van der Waals surface area contributed by atoms with E-state index in [1.54, 1.807) is 19.1 Å². The average Bonchev–Trinajstić information content (AvgIpc) is 2.92. The van der Waals surface area contributed by atoms with Gasteiger partial charge in [0.1, 0.15) is 0 Å². The lowest BCUT2D eigenvalue weighted by Gasteiger charge is -2.13. The van der Waals surface area contributed by atoms with E-state index in [1.807, 2.05) is 12.1 Å². The number of nitrogens with zero attached hydrogens (tertiary/aromatic N) is 2. The molecule has 4 rings (SSSR count). The number of fused-ring (bicyclic) bond motifs is 2. The molecular weight excluding hydrogens is 342 g/mol. The molecule has 3 aromatic rings. The molecule has 7 nitrogen and oxygen atoms in total. The van der Waals surface area contributed by atoms with Crippen LogP contribution in [-0.2, 0) is 24.2 Å². The molecule has 1 aliphatic rings. The van der Waals surface area contributed by atoms with E-state index in [-0.39, 0.29) is 11.5 Å². The number of rotatable bonds is 4. The molecule has 1 aliphatic carbocycles. The SMILES string of the molecule is CC(C(=O)NCc1n[nH]c2c1CCCCC2)c1n[nH]c(=O)c2ccccc12. The summed E-state index contributed by atoms with van der Waals surface area (Å²) in [7, 11) is 0. The quantitative estimate of drug-likeness (QED) is 0.617. The number of carbonyl (C=O) groups excluding carboxylic acids is 1. The Labute approximate surface area is 156 Å². The van der Waals surface area contributed by atoms with Gasteiger partial charge in [-0.05, 0) is 44.2 Å². The molecule has 0 fully saturated rings. The minimum Gasteiger partial charge on any atom is -0.350 e. The van der Waals surface area contributed by atoms with Crippen LogP contribution < -0.4 is 10.9 Å². The molecule has 7 heteroatoms. The summed E-state index contributed by atoms with van der Waals surface area (Å²) in [5, 5.41) is 18.4. The van der Waals surface area contributed by atoms with Gasteiger partial charge in [-0.15, -0.1) is 0 Å². The van der Waals surface area contributed by atoms with Crippen LogP contribution >= 0.6 is 0 Å². The van der Waals surface area contributed by atoms with Crippen LogP contribution in [0.25, 0.3) is 10.8 Å². The lowest BCUT2D eigenvalue weighted by atomic mass is 10.0. The van der Waals surface area contributed by atoms with Crippen molar-refractivity contribution in [3.63, 3.8) is 0 Å². The molecule has 0 radical (unpaired) electrons. The van der Waals surface area contributed by atoms with Gasteiger partial charge in [0.05, 0.1) is 29.2 Å². The molecule has 1 unspecified atom stereocenters. The smallest absolute Gasteiger partial charge is 0.272 e. The number of benzene rings is 1. The van der Waals surface area contributed by atoms with Gasteiger partial charge in [-0.25, -0.2) is 5.10 Å². The van der Waals surface area contributed by atoms with Crippen molar-refractivity contribution in [3.8, 4) is 0 Å². The molecule has 3 N–H and O–H groups in total. The van der Waals surface area contributed by atoms with Crippen LogP contribution in [0.15, 0.2) is 29.1 Å². The molecule has 2 heterocycles. The molecule has 140 valence electrons. The van der Waals surface area contributed by atoms with E-state index in [1.165, 1.54) is 24.1 Å². The van der Waals surface area contributed by atoms with E-state index in [2.05, 4.69) is 25.7 Å². The lowest BCUT2D eigenvalue weighted by molar-refractivity contribution is -0.122. The van der Waals surface area contributed by atoms with Gasteiger partial charge in [-0.1, -0.05) is 24.6 Å². The third-order valence-corrected chi connectivity index (χ3v) is 5.35. The van der Waals surface area contributed by atoms with Gasteiger partial charge >= 0.3 is 0 Å². The van der Waals surface area contributed by atoms with Crippen molar-refractivity contribution in [2.45, 2.75) is 51.5 Å². The number of hydrogen-bond donors (Lipinski definition) is 3. The van der Waals surface area contributed by atoms with Crippen molar-refractivity contribution >= 4 is 16.7 Å². The van der Waals surface area contributed by atoms with E-state index in [9.17, 15) is 9.59 Å². The highest BCUT2D eigenvalue weighted by atomic mass is 16.2. The Hall–Kier alpha value is -2.96. The van der Waals surface area contributed by atoms with Crippen molar-refractivity contribution in [1.29, 1.82) is 0 Å². The molecule has 0 saturated carbocycles. The predicted molar refractivity (Wildman–Crippen MR) is 102 cm³/mol. The second-order valence-corrected chi connectivity index (χ2v) is 7.11. The molecule has 0 saturated heterocycles. The largest absolute Gasteiger partial charge is 0.350 e. The Balaban J connectivity index is 1.52. The van der Waals surface area contributed by atoms with Crippen molar-refractivity contribution in [2.75, 3.05) is 0 Å². The van der Waals surface area contributed by atoms with Crippen molar-refractivity contribution in [1.82, 2.24) is 25.7 Å². The molecule has 27 heavy (non-hydrogen) atoms. The summed E-state index contributed by atoms with van der Waals surface area (Å²) in [6.07, 6.45) is 5.62. The third-order valence-electron chi connectivity index (χ3n) is 5.35. The van der Waals surface area contributed by atoms with Crippen LogP contribution in [0.1, 0.15) is 54.7 Å². The maximum atomic E-state index is 12.7. The first kappa shape index (κ1) is 17.5. The zero-order valence-corrected chi connectivity index (χ0v) is 15.3. The minimum atomic E-state index is -0.482. The second kappa shape index (κ2) is 7.34. The van der Waals surface area contributed by atoms with Gasteiger partial charge in [-0.3, -0.25) is 14.7 Å². The molecular formula is C20H23N5O2. The highest BCUT2D eigenvalue weighted by Crippen LogP contribution is 2.23. The van der Waals surface area contributed by atoms with E-state index < -0.39 is 5.92 Å². The summed E-state index contributed by atoms with van der Waals surface area (Å²) in [4.78, 5) is 24.7. The molecule has 1 atom stereocenters. The zero-order valence-electron chi connectivity index (χ0n) is 15.3. The molecule has 1 amide bonds. The summed E-state index contributed by atoms with van der Waals surface area (Å²) in [5.74, 6) is -0.616. The van der Waals surface area contributed by atoms with Crippen molar-refractivity contribution in [3.05, 3.63) is 57.3 Å². The maximum absolute atomic E-state index is 12.7. The Morgan fingerprint density at radius 3 is 2.74 bits per heavy atom. The van der Waals surface area contributed by atoms with E-state index in [0.29, 0.717) is 23.0 Å². The second-order valence-electron chi connectivity index (χ2n) is 7.11.